The molecule has 0 aliphatic carbocycles. The summed E-state index contributed by atoms with van der Waals surface area (Å²) in [5, 5.41) is 9.49. The van der Waals surface area contributed by atoms with Gasteiger partial charge in [0.2, 0.25) is 0 Å². The van der Waals surface area contributed by atoms with Gasteiger partial charge in [0.25, 0.3) is 0 Å². The number of aliphatic carboxylic acids is 1. The van der Waals surface area contributed by atoms with E-state index in [1.54, 1.807) is 69.2 Å². The lowest BCUT2D eigenvalue weighted by molar-refractivity contribution is -0.163. The molecule has 0 aromatic carbocycles. The van der Waals surface area contributed by atoms with Crippen LogP contribution in [0.2, 0.25) is 0 Å². The van der Waals surface area contributed by atoms with Crippen LogP contribution in [0, 0.1) is 0 Å². The van der Waals surface area contributed by atoms with Gasteiger partial charge in [0, 0.05) is 58.8 Å². The normalized spacial score (nSPS) is 17.9. The molecular formula is C33H60N4O10. The van der Waals surface area contributed by atoms with Crippen LogP contribution >= 0.6 is 0 Å². The number of carbonyl (C=O) groups is 5. The van der Waals surface area contributed by atoms with Crippen LogP contribution < -0.4 is 0 Å². The molecular weight excluding hydrogens is 612 g/mol. The minimum Gasteiger partial charge on any atom is -0.481 e. The predicted octanol–water partition coefficient (Wildman–Crippen LogP) is 2.03. The smallest absolute Gasteiger partial charge is 0.323 e. The Morgan fingerprint density at radius 1 is 0.596 bits per heavy atom. The molecule has 1 heterocycles. The fourth-order valence-electron chi connectivity index (χ4n) is 4.92. The van der Waals surface area contributed by atoms with E-state index in [1.807, 2.05) is 19.6 Å². The molecule has 0 aromatic rings. The molecule has 1 rings (SSSR count). The van der Waals surface area contributed by atoms with Gasteiger partial charge in [-0.15, -0.1) is 0 Å². The van der Waals surface area contributed by atoms with E-state index in [9.17, 15) is 29.1 Å². The van der Waals surface area contributed by atoms with Crippen molar-refractivity contribution in [1.82, 2.24) is 19.6 Å². The third-order valence-corrected chi connectivity index (χ3v) is 6.83. The van der Waals surface area contributed by atoms with E-state index in [0.717, 1.165) is 0 Å². The topological polar surface area (TPSA) is 155 Å². The summed E-state index contributed by atoms with van der Waals surface area (Å²) in [6.45, 7) is 20.9. The molecule has 0 saturated carbocycles. The van der Waals surface area contributed by atoms with E-state index >= 15 is 0 Å². The number of hydrogen-bond donors (Lipinski definition) is 1. The summed E-state index contributed by atoms with van der Waals surface area (Å²) < 4.78 is 22.1. The molecule has 1 atom stereocenters. The maximum absolute atomic E-state index is 13.5. The molecule has 47 heavy (non-hydrogen) atoms. The molecule has 14 nitrogen and oxygen atoms in total. The summed E-state index contributed by atoms with van der Waals surface area (Å²) in [6.07, 6.45) is -0.220. The molecule has 0 amide bonds. The quantitative estimate of drug-likeness (QED) is 0.237. The zero-order valence-corrected chi connectivity index (χ0v) is 30.4. The number of rotatable bonds is 12. The summed E-state index contributed by atoms with van der Waals surface area (Å²) in [7, 11) is 0. The maximum atomic E-state index is 13.5. The molecule has 0 bridgehead atoms. The van der Waals surface area contributed by atoms with Crippen LogP contribution in [0.15, 0.2) is 0 Å². The van der Waals surface area contributed by atoms with Crippen molar-refractivity contribution in [3.63, 3.8) is 0 Å². The third-order valence-electron chi connectivity index (χ3n) is 6.83. The number of hydrogen-bond acceptors (Lipinski definition) is 13. The highest BCUT2D eigenvalue weighted by Crippen LogP contribution is 2.17. The average molecular weight is 673 g/mol. The van der Waals surface area contributed by atoms with Gasteiger partial charge in [-0.2, -0.15) is 0 Å². The number of ether oxygens (including phenoxy) is 4. The van der Waals surface area contributed by atoms with Crippen molar-refractivity contribution in [3.05, 3.63) is 0 Å². The van der Waals surface area contributed by atoms with E-state index in [2.05, 4.69) is 0 Å². The standard InChI is InChI=1S/C33H60N4O10/c1-11-44-27(40)22-34-14-16-35(23-28(41)45-31(2,3)4)18-20-37(25(12-13-26(38)39)30(43)47-33(8,9)10)21-19-36(17-15-34)24-29(42)46-32(5,6)7/h25H,11-24H2,1-10H3,(H,38,39). The number of carboxylic acid groups (broad SMARTS) is 1. The first-order valence-electron chi connectivity index (χ1n) is 16.5. The Morgan fingerprint density at radius 2 is 0.957 bits per heavy atom. The second-order valence-electron chi connectivity index (χ2n) is 14.8. The van der Waals surface area contributed by atoms with Gasteiger partial charge in [0.05, 0.1) is 26.2 Å². The molecule has 1 aliphatic heterocycles. The van der Waals surface area contributed by atoms with Crippen molar-refractivity contribution < 1.29 is 48.0 Å². The molecule has 272 valence electrons. The zero-order valence-electron chi connectivity index (χ0n) is 30.4. The van der Waals surface area contributed by atoms with Gasteiger partial charge in [-0.1, -0.05) is 0 Å². The van der Waals surface area contributed by atoms with Gasteiger partial charge in [-0.05, 0) is 75.7 Å². The van der Waals surface area contributed by atoms with Gasteiger partial charge >= 0.3 is 29.8 Å². The Kier molecular flexibility index (Phi) is 17.3. The van der Waals surface area contributed by atoms with Crippen LogP contribution in [0.25, 0.3) is 0 Å². The van der Waals surface area contributed by atoms with Crippen molar-refractivity contribution in [2.45, 2.75) is 105 Å². The van der Waals surface area contributed by atoms with E-state index in [-0.39, 0.29) is 45.1 Å². The van der Waals surface area contributed by atoms with E-state index in [1.165, 1.54) is 0 Å². The first kappa shape index (κ1) is 42.2. The highest BCUT2D eigenvalue weighted by molar-refractivity contribution is 5.77. The Balaban J connectivity index is 3.46. The van der Waals surface area contributed by atoms with Gasteiger partial charge in [-0.25, -0.2) is 0 Å². The van der Waals surface area contributed by atoms with E-state index < -0.39 is 46.7 Å². The van der Waals surface area contributed by atoms with Crippen LogP contribution in [0.4, 0.5) is 0 Å². The van der Waals surface area contributed by atoms with Crippen LogP contribution in [-0.4, -0.2) is 156 Å². The zero-order chi connectivity index (χ0) is 36.0. The fourth-order valence-corrected chi connectivity index (χ4v) is 4.92. The summed E-state index contributed by atoms with van der Waals surface area (Å²) in [5.41, 5.74) is -2.15. The number of nitrogens with zero attached hydrogens (tertiary/aromatic N) is 4. The highest BCUT2D eigenvalue weighted by Gasteiger charge is 2.33. The summed E-state index contributed by atoms with van der Waals surface area (Å²) >= 11 is 0. The minimum atomic E-state index is -1.03. The molecule has 0 radical (unpaired) electrons. The number of esters is 4. The van der Waals surface area contributed by atoms with Crippen molar-refractivity contribution in [1.29, 1.82) is 0 Å². The number of carboxylic acids is 1. The van der Waals surface area contributed by atoms with Crippen LogP contribution in [-0.2, 0) is 42.9 Å². The molecule has 1 fully saturated rings. The first-order valence-corrected chi connectivity index (χ1v) is 16.5. The summed E-state index contributed by atoms with van der Waals surface area (Å²) in [6, 6.07) is -0.875. The molecule has 1 saturated heterocycles. The second kappa shape index (κ2) is 19.3. The van der Waals surface area contributed by atoms with E-state index in [4.69, 9.17) is 18.9 Å². The second-order valence-corrected chi connectivity index (χ2v) is 14.8. The SMILES string of the molecule is CCOC(=O)CN1CCN(CC(=O)OC(C)(C)C)CCN(C(CCC(=O)O)C(=O)OC(C)(C)C)CCN(CC(=O)OC(C)(C)C)CC1. The van der Waals surface area contributed by atoms with Crippen LogP contribution in [0.3, 0.4) is 0 Å². The minimum absolute atomic E-state index is 0.0185. The lowest BCUT2D eigenvalue weighted by Crippen LogP contribution is -2.53. The van der Waals surface area contributed by atoms with Gasteiger partial charge in [0.1, 0.15) is 22.8 Å². The fraction of sp³-hybridized carbons (Fsp3) is 0.848. The summed E-state index contributed by atoms with van der Waals surface area (Å²) in [5.74, 6) is -2.77. The largest absolute Gasteiger partial charge is 0.481 e. The Morgan fingerprint density at radius 3 is 1.30 bits per heavy atom. The molecule has 0 spiro atoms. The Bertz CT molecular complexity index is 986. The Labute approximate surface area is 281 Å². The van der Waals surface area contributed by atoms with Gasteiger partial charge in [0.15, 0.2) is 0 Å². The number of carbonyl (C=O) groups excluding carboxylic acids is 4. The summed E-state index contributed by atoms with van der Waals surface area (Å²) in [4.78, 5) is 71.0. The van der Waals surface area contributed by atoms with Gasteiger partial charge < -0.3 is 24.1 Å². The maximum Gasteiger partial charge on any atom is 0.323 e. The van der Waals surface area contributed by atoms with Crippen molar-refractivity contribution in [2.24, 2.45) is 0 Å². The van der Waals surface area contributed by atoms with Crippen molar-refractivity contribution in [2.75, 3.05) is 78.6 Å². The van der Waals surface area contributed by atoms with Crippen molar-refractivity contribution >= 4 is 29.8 Å². The monoisotopic (exact) mass is 672 g/mol. The molecule has 14 heteroatoms. The van der Waals surface area contributed by atoms with Crippen LogP contribution in [0.5, 0.6) is 0 Å². The molecule has 1 N–H and O–H groups in total. The van der Waals surface area contributed by atoms with E-state index in [0.29, 0.717) is 52.4 Å². The average Bonchev–Trinajstić information content (AvgIpc) is 2.86. The van der Waals surface area contributed by atoms with Crippen LogP contribution in [0.1, 0.15) is 82.1 Å². The lowest BCUT2D eigenvalue weighted by atomic mass is 10.1. The first-order chi connectivity index (χ1) is 21.6. The predicted molar refractivity (Wildman–Crippen MR) is 176 cm³/mol. The highest BCUT2D eigenvalue weighted by atomic mass is 16.6. The molecule has 0 aromatic heterocycles. The lowest BCUT2D eigenvalue weighted by Gasteiger charge is -2.37. The molecule has 1 unspecified atom stereocenters. The van der Waals surface area contributed by atoms with Gasteiger partial charge in [-0.3, -0.25) is 43.6 Å². The third kappa shape index (κ3) is 20.2. The Hall–Kier alpha value is -2.81. The molecule has 1 aliphatic rings. The van der Waals surface area contributed by atoms with Crippen molar-refractivity contribution in [3.8, 4) is 0 Å².